The van der Waals surface area contributed by atoms with Crippen molar-refractivity contribution in [3.8, 4) is 0 Å². The number of carbonyl (C=O) groups excluding carboxylic acids is 2. The van der Waals surface area contributed by atoms with Gasteiger partial charge in [-0.25, -0.2) is 14.4 Å². The topological polar surface area (TPSA) is 181 Å². The average Bonchev–Trinajstić information content (AvgIpc) is 3.14. The highest BCUT2D eigenvalue weighted by Crippen LogP contribution is 2.46. The zero-order valence-corrected chi connectivity index (χ0v) is 24.6. The third kappa shape index (κ3) is 9.62. The zero-order chi connectivity index (χ0) is 29.5. The second-order valence-electron chi connectivity index (χ2n) is 10.3. The maximum atomic E-state index is 13.9. The number of carbonyl (C=O) groups is 2. The molecule has 13 nitrogen and oxygen atoms in total. The Kier molecular flexibility index (Phi) is 12.1. The molecule has 0 aromatic carbocycles. The van der Waals surface area contributed by atoms with E-state index in [2.05, 4.69) is 10.1 Å². The highest BCUT2D eigenvalue weighted by molar-refractivity contribution is 8.13. The molecule has 0 spiro atoms. The Bertz CT molecular complexity index is 1100. The van der Waals surface area contributed by atoms with Crippen LogP contribution < -0.4 is 16.5 Å². The summed E-state index contributed by atoms with van der Waals surface area (Å²) >= 11 is 0.991. The summed E-state index contributed by atoms with van der Waals surface area (Å²) in [4.78, 5) is 40.3. The summed E-state index contributed by atoms with van der Waals surface area (Å²) in [6, 6.07) is 0.207. The van der Waals surface area contributed by atoms with Crippen LogP contribution >= 0.6 is 19.5 Å². The van der Waals surface area contributed by atoms with Crippen molar-refractivity contribution >= 4 is 36.4 Å². The molecule has 1 aliphatic rings. The Morgan fingerprint density at radius 3 is 2.56 bits per heavy atom. The number of nitrogens with one attached hydrogen (secondary N) is 1. The van der Waals surface area contributed by atoms with Crippen LogP contribution in [-0.2, 0) is 32.7 Å². The first-order valence-corrected chi connectivity index (χ1v) is 14.9. The van der Waals surface area contributed by atoms with Crippen molar-refractivity contribution < 1.29 is 42.2 Å². The molecule has 1 fully saturated rings. The third-order valence-corrected chi connectivity index (χ3v) is 8.44. The van der Waals surface area contributed by atoms with Gasteiger partial charge >= 0.3 is 19.4 Å². The molecule has 0 radical (unpaired) electrons. The molecule has 6 unspecified atom stereocenters. The van der Waals surface area contributed by atoms with Crippen molar-refractivity contribution in [2.75, 3.05) is 31.4 Å². The minimum absolute atomic E-state index is 0.0395. The standard InChI is InChI=1S/C23H38FN4O9PS/c1-13(2)36-20(30)14(3)27-38(33,34-9-10-39-21(31)23(4,5)6)35-12-16-15(11-24)18(29)19(37-16)28-8-7-17(25)26-22(28)32/h7-8,13-16,18-19,29H,9-12H2,1-6H3,(H,27,33)(H2,25,26,32). The minimum Gasteiger partial charge on any atom is -0.462 e. The van der Waals surface area contributed by atoms with Crippen molar-refractivity contribution in [3.63, 3.8) is 0 Å². The van der Waals surface area contributed by atoms with Gasteiger partial charge in [-0.1, -0.05) is 32.5 Å². The van der Waals surface area contributed by atoms with Gasteiger partial charge in [-0.3, -0.25) is 27.6 Å². The number of aliphatic hydroxyl groups excluding tert-OH is 1. The monoisotopic (exact) mass is 596 g/mol. The van der Waals surface area contributed by atoms with E-state index in [4.69, 9.17) is 24.3 Å². The normalized spacial score (nSPS) is 23.9. The molecule has 6 atom stereocenters. The Labute approximate surface area is 230 Å². The lowest BCUT2D eigenvalue weighted by atomic mass is 10.00. The molecule has 39 heavy (non-hydrogen) atoms. The van der Waals surface area contributed by atoms with Crippen LogP contribution in [0.5, 0.6) is 0 Å². The van der Waals surface area contributed by atoms with Gasteiger partial charge in [0, 0.05) is 23.3 Å². The van der Waals surface area contributed by atoms with Gasteiger partial charge in [-0.05, 0) is 26.8 Å². The maximum Gasteiger partial charge on any atom is 0.406 e. The number of ether oxygens (including phenoxy) is 2. The first kappa shape index (κ1) is 33.3. The number of nitrogen functional groups attached to an aromatic ring is 1. The molecule has 2 heterocycles. The summed E-state index contributed by atoms with van der Waals surface area (Å²) in [5, 5.41) is 13.0. The van der Waals surface area contributed by atoms with Gasteiger partial charge in [0.1, 0.15) is 18.0 Å². The summed E-state index contributed by atoms with van der Waals surface area (Å²) in [7, 11) is -4.25. The van der Waals surface area contributed by atoms with Crippen molar-refractivity contribution in [2.45, 2.75) is 72.1 Å². The second kappa shape index (κ2) is 14.2. The van der Waals surface area contributed by atoms with E-state index in [9.17, 15) is 28.4 Å². The van der Waals surface area contributed by atoms with Crippen LogP contribution in [0, 0.1) is 11.3 Å². The smallest absolute Gasteiger partial charge is 0.406 e. The number of hydrogen-bond donors (Lipinski definition) is 3. The number of thioether (sulfide) groups is 1. The van der Waals surface area contributed by atoms with Crippen molar-refractivity contribution in [1.82, 2.24) is 14.6 Å². The molecule has 0 saturated carbocycles. The van der Waals surface area contributed by atoms with Gasteiger partial charge in [0.25, 0.3) is 0 Å². The van der Waals surface area contributed by atoms with E-state index in [0.29, 0.717) is 0 Å². The lowest BCUT2D eigenvalue weighted by Crippen LogP contribution is -2.37. The molecular weight excluding hydrogens is 558 g/mol. The van der Waals surface area contributed by atoms with Crippen LogP contribution in [0.25, 0.3) is 0 Å². The lowest BCUT2D eigenvalue weighted by Gasteiger charge is -2.25. The van der Waals surface area contributed by atoms with Gasteiger partial charge in [0.05, 0.1) is 32.1 Å². The number of aromatic nitrogens is 2. The number of nitrogens with zero attached hydrogens (tertiary/aromatic N) is 2. The van der Waals surface area contributed by atoms with Crippen molar-refractivity contribution in [1.29, 1.82) is 0 Å². The van der Waals surface area contributed by atoms with E-state index in [1.54, 1.807) is 34.6 Å². The summed E-state index contributed by atoms with van der Waals surface area (Å²) in [6.07, 6.45) is -3.07. The second-order valence-corrected chi connectivity index (χ2v) is 13.1. The molecule has 1 aliphatic heterocycles. The van der Waals surface area contributed by atoms with E-state index in [1.165, 1.54) is 19.2 Å². The lowest BCUT2D eigenvalue weighted by molar-refractivity contribution is -0.149. The van der Waals surface area contributed by atoms with Crippen LogP contribution in [0.4, 0.5) is 10.2 Å². The molecule has 0 aliphatic carbocycles. The number of alkyl halides is 1. The van der Waals surface area contributed by atoms with Gasteiger partial charge in [-0.15, -0.1) is 0 Å². The fourth-order valence-corrected chi connectivity index (χ4v) is 5.80. The summed E-state index contributed by atoms with van der Waals surface area (Å²) in [5.41, 5.74) is 4.10. The Hall–Kier alpha value is -1.87. The molecule has 1 saturated heterocycles. The fraction of sp³-hybridized carbons (Fsp3) is 0.739. The number of rotatable bonds is 13. The van der Waals surface area contributed by atoms with E-state index in [-0.39, 0.29) is 23.3 Å². The Balaban J connectivity index is 2.15. The molecule has 2 rings (SSSR count). The molecular formula is C23H38FN4O9PS. The number of esters is 1. The predicted molar refractivity (Wildman–Crippen MR) is 143 cm³/mol. The molecule has 0 amide bonds. The highest BCUT2D eigenvalue weighted by Gasteiger charge is 2.46. The Morgan fingerprint density at radius 1 is 1.33 bits per heavy atom. The SMILES string of the molecule is CC(C)OC(=O)C(C)NP(=O)(OCCSC(=O)C(C)(C)C)OCC1OC(n2ccc(N)nc2=O)C(O)C1CF. The number of nitrogens with two attached hydrogens (primary N) is 1. The quantitative estimate of drug-likeness (QED) is 0.171. The largest absolute Gasteiger partial charge is 0.462 e. The molecule has 4 N–H and O–H groups in total. The molecule has 222 valence electrons. The van der Waals surface area contributed by atoms with E-state index in [1.807, 2.05) is 0 Å². The molecule has 1 aromatic heterocycles. The summed E-state index contributed by atoms with van der Waals surface area (Å²) < 4.78 is 50.3. The maximum absolute atomic E-state index is 13.9. The van der Waals surface area contributed by atoms with Crippen LogP contribution in [0.2, 0.25) is 0 Å². The molecule has 0 bridgehead atoms. The van der Waals surface area contributed by atoms with Crippen LogP contribution in [0.3, 0.4) is 0 Å². The first-order valence-electron chi connectivity index (χ1n) is 12.4. The van der Waals surface area contributed by atoms with Crippen LogP contribution in [0.15, 0.2) is 17.1 Å². The third-order valence-electron chi connectivity index (χ3n) is 5.48. The van der Waals surface area contributed by atoms with E-state index < -0.39 is 74.6 Å². The van der Waals surface area contributed by atoms with E-state index >= 15 is 0 Å². The number of aliphatic hydroxyl groups is 1. The number of halogens is 1. The van der Waals surface area contributed by atoms with Crippen molar-refractivity contribution in [3.05, 3.63) is 22.7 Å². The minimum atomic E-state index is -4.25. The van der Waals surface area contributed by atoms with E-state index in [0.717, 1.165) is 16.3 Å². The molecule has 1 aromatic rings. The first-order chi connectivity index (χ1) is 18.1. The highest BCUT2D eigenvalue weighted by atomic mass is 32.2. The predicted octanol–water partition coefficient (Wildman–Crippen LogP) is 2.05. The van der Waals surface area contributed by atoms with Gasteiger partial charge < -0.3 is 20.3 Å². The van der Waals surface area contributed by atoms with Gasteiger partial charge in [0.15, 0.2) is 11.3 Å². The summed E-state index contributed by atoms with van der Waals surface area (Å²) in [5.74, 6) is -1.74. The average molecular weight is 597 g/mol. The van der Waals surface area contributed by atoms with Crippen LogP contribution in [0.1, 0.15) is 47.8 Å². The fourth-order valence-electron chi connectivity index (χ4n) is 3.41. The van der Waals surface area contributed by atoms with Gasteiger partial charge in [-0.2, -0.15) is 4.98 Å². The molecule has 16 heteroatoms. The zero-order valence-electron chi connectivity index (χ0n) is 22.9. The van der Waals surface area contributed by atoms with Crippen LogP contribution in [-0.4, -0.2) is 75.7 Å². The van der Waals surface area contributed by atoms with Gasteiger partial charge in [0.2, 0.25) is 0 Å². The summed E-state index contributed by atoms with van der Waals surface area (Å²) in [6.45, 7) is 8.25. The Morgan fingerprint density at radius 2 is 2.00 bits per heavy atom. The van der Waals surface area contributed by atoms with Crippen molar-refractivity contribution in [2.24, 2.45) is 11.3 Å². The number of hydrogen-bond acceptors (Lipinski definition) is 12. The number of anilines is 1.